The van der Waals surface area contributed by atoms with E-state index in [4.69, 9.17) is 4.74 Å². The van der Waals surface area contributed by atoms with Gasteiger partial charge in [-0.1, -0.05) is 0 Å². The molecule has 0 bridgehead atoms. The summed E-state index contributed by atoms with van der Waals surface area (Å²) in [5.74, 6) is 1.34. The number of anilines is 2. The maximum atomic E-state index is 5.22. The molecule has 0 unspecified atom stereocenters. The van der Waals surface area contributed by atoms with Crippen LogP contribution >= 0.6 is 15.9 Å². The van der Waals surface area contributed by atoms with Crippen LogP contribution in [0.3, 0.4) is 0 Å². The lowest BCUT2D eigenvalue weighted by atomic mass is 10.3. The van der Waals surface area contributed by atoms with Crippen molar-refractivity contribution in [1.29, 1.82) is 0 Å². The van der Waals surface area contributed by atoms with E-state index >= 15 is 0 Å². The van der Waals surface area contributed by atoms with Crippen molar-refractivity contribution in [2.24, 2.45) is 0 Å². The fraction of sp³-hybridized carbons (Fsp3) is 0.167. The highest BCUT2D eigenvalue weighted by atomic mass is 79.9. The minimum atomic E-state index is 0.578. The van der Waals surface area contributed by atoms with Crippen LogP contribution < -0.4 is 10.1 Å². The molecule has 0 saturated heterocycles. The van der Waals surface area contributed by atoms with E-state index in [2.05, 4.69) is 31.2 Å². The predicted molar refractivity (Wildman–Crippen MR) is 70.7 cm³/mol. The van der Waals surface area contributed by atoms with Crippen LogP contribution in [0.2, 0.25) is 0 Å². The Labute approximate surface area is 108 Å². The van der Waals surface area contributed by atoms with E-state index in [0.717, 1.165) is 21.6 Å². The van der Waals surface area contributed by atoms with Crippen LogP contribution in [0.5, 0.6) is 5.75 Å². The van der Waals surface area contributed by atoms with Gasteiger partial charge in [-0.05, 0) is 41.1 Å². The molecule has 0 amide bonds. The molecule has 1 heterocycles. The van der Waals surface area contributed by atoms with Gasteiger partial charge in [0.05, 0.1) is 11.6 Å². The first-order valence-corrected chi connectivity index (χ1v) is 5.88. The van der Waals surface area contributed by atoms with Crippen LogP contribution in [-0.4, -0.2) is 17.1 Å². The van der Waals surface area contributed by atoms with Crippen molar-refractivity contribution >= 4 is 27.6 Å². The standard InChI is InChI=1S/C12H12BrN3O/c1-8-5-6-14-12(15-8)16-9-3-4-10(13)11(7-9)17-2/h3-7H,1-2H3,(H,14,15,16). The first-order valence-electron chi connectivity index (χ1n) is 5.09. The molecule has 1 aromatic carbocycles. The summed E-state index contributed by atoms with van der Waals surface area (Å²) in [5.41, 5.74) is 1.81. The smallest absolute Gasteiger partial charge is 0.227 e. The molecule has 0 spiro atoms. The summed E-state index contributed by atoms with van der Waals surface area (Å²) in [6, 6.07) is 7.58. The van der Waals surface area contributed by atoms with Crippen molar-refractivity contribution in [3.05, 3.63) is 40.6 Å². The summed E-state index contributed by atoms with van der Waals surface area (Å²) in [6.45, 7) is 1.93. The van der Waals surface area contributed by atoms with Crippen molar-refractivity contribution in [3.63, 3.8) is 0 Å². The molecule has 0 aliphatic carbocycles. The molecule has 5 heteroatoms. The molecule has 1 aromatic heterocycles. The van der Waals surface area contributed by atoms with Crippen molar-refractivity contribution in [3.8, 4) is 5.75 Å². The molecule has 17 heavy (non-hydrogen) atoms. The number of methoxy groups -OCH3 is 1. The van der Waals surface area contributed by atoms with Crippen LogP contribution in [0, 0.1) is 6.92 Å². The number of hydrogen-bond donors (Lipinski definition) is 1. The summed E-state index contributed by atoms with van der Waals surface area (Å²) >= 11 is 3.40. The molecule has 0 aliphatic rings. The minimum absolute atomic E-state index is 0.578. The van der Waals surface area contributed by atoms with Gasteiger partial charge in [0, 0.05) is 23.6 Å². The van der Waals surface area contributed by atoms with E-state index < -0.39 is 0 Å². The largest absolute Gasteiger partial charge is 0.495 e. The zero-order valence-electron chi connectivity index (χ0n) is 9.57. The second-order valence-corrected chi connectivity index (χ2v) is 4.35. The van der Waals surface area contributed by atoms with E-state index in [9.17, 15) is 0 Å². The summed E-state index contributed by atoms with van der Waals surface area (Å²) in [4.78, 5) is 8.41. The third kappa shape index (κ3) is 2.94. The molecule has 0 aliphatic heterocycles. The Balaban J connectivity index is 2.24. The Bertz CT molecular complexity index is 531. The number of nitrogens with zero attached hydrogens (tertiary/aromatic N) is 2. The fourth-order valence-electron chi connectivity index (χ4n) is 1.38. The number of rotatable bonds is 3. The van der Waals surface area contributed by atoms with Crippen LogP contribution in [0.25, 0.3) is 0 Å². The highest BCUT2D eigenvalue weighted by Crippen LogP contribution is 2.28. The minimum Gasteiger partial charge on any atom is -0.495 e. The van der Waals surface area contributed by atoms with Gasteiger partial charge in [0.2, 0.25) is 5.95 Å². The topological polar surface area (TPSA) is 47.0 Å². The molecule has 0 radical (unpaired) electrons. The van der Waals surface area contributed by atoms with Crippen LogP contribution in [0.4, 0.5) is 11.6 Å². The van der Waals surface area contributed by atoms with Crippen LogP contribution in [0.15, 0.2) is 34.9 Å². The van der Waals surface area contributed by atoms with E-state index in [1.165, 1.54) is 0 Å². The van der Waals surface area contributed by atoms with Crippen molar-refractivity contribution in [2.45, 2.75) is 6.92 Å². The lowest BCUT2D eigenvalue weighted by molar-refractivity contribution is 0.412. The number of hydrogen-bond acceptors (Lipinski definition) is 4. The van der Waals surface area contributed by atoms with Gasteiger partial charge in [-0.2, -0.15) is 0 Å². The van der Waals surface area contributed by atoms with Crippen LogP contribution in [0.1, 0.15) is 5.69 Å². The third-order valence-electron chi connectivity index (χ3n) is 2.20. The summed E-state index contributed by atoms with van der Waals surface area (Å²) in [5, 5.41) is 3.12. The van der Waals surface area contributed by atoms with E-state index in [0.29, 0.717) is 5.95 Å². The quantitative estimate of drug-likeness (QED) is 0.943. The molecule has 88 valence electrons. The molecular weight excluding hydrogens is 282 g/mol. The van der Waals surface area contributed by atoms with Crippen molar-refractivity contribution in [1.82, 2.24) is 9.97 Å². The van der Waals surface area contributed by atoms with E-state index in [1.54, 1.807) is 13.3 Å². The van der Waals surface area contributed by atoms with E-state index in [1.807, 2.05) is 31.2 Å². The molecule has 0 atom stereocenters. The SMILES string of the molecule is COc1cc(Nc2nccc(C)n2)ccc1Br. The summed E-state index contributed by atoms with van der Waals surface area (Å²) < 4.78 is 6.13. The Hall–Kier alpha value is -1.62. The van der Waals surface area contributed by atoms with Gasteiger partial charge < -0.3 is 10.1 Å². The summed E-state index contributed by atoms with van der Waals surface area (Å²) in [6.07, 6.45) is 1.72. The molecule has 4 nitrogen and oxygen atoms in total. The van der Waals surface area contributed by atoms with Gasteiger partial charge in [0.1, 0.15) is 5.75 Å². The molecule has 0 saturated carbocycles. The molecule has 2 aromatic rings. The zero-order valence-corrected chi connectivity index (χ0v) is 11.2. The molecule has 0 fully saturated rings. The average molecular weight is 294 g/mol. The second kappa shape index (κ2) is 5.14. The van der Waals surface area contributed by atoms with Gasteiger partial charge in [0.25, 0.3) is 0 Å². The maximum Gasteiger partial charge on any atom is 0.227 e. The Morgan fingerprint density at radius 1 is 1.29 bits per heavy atom. The second-order valence-electron chi connectivity index (χ2n) is 3.50. The van der Waals surface area contributed by atoms with Gasteiger partial charge in [-0.3, -0.25) is 0 Å². The normalized spacial score (nSPS) is 10.1. The van der Waals surface area contributed by atoms with Crippen molar-refractivity contribution in [2.75, 3.05) is 12.4 Å². The highest BCUT2D eigenvalue weighted by molar-refractivity contribution is 9.10. The predicted octanol–water partition coefficient (Wildman–Crippen LogP) is 3.30. The maximum absolute atomic E-state index is 5.22. The van der Waals surface area contributed by atoms with Gasteiger partial charge in [0.15, 0.2) is 0 Å². The first-order chi connectivity index (χ1) is 8.19. The molecule has 2 rings (SSSR count). The highest BCUT2D eigenvalue weighted by Gasteiger charge is 2.03. The number of aromatic nitrogens is 2. The lowest BCUT2D eigenvalue weighted by Crippen LogP contribution is -1.98. The summed E-state index contributed by atoms with van der Waals surface area (Å²) in [7, 11) is 1.63. The number of benzene rings is 1. The van der Waals surface area contributed by atoms with Crippen LogP contribution in [-0.2, 0) is 0 Å². The van der Waals surface area contributed by atoms with Crippen molar-refractivity contribution < 1.29 is 4.74 Å². The Kier molecular flexibility index (Phi) is 3.58. The van der Waals surface area contributed by atoms with Gasteiger partial charge in [-0.15, -0.1) is 0 Å². The Morgan fingerprint density at radius 2 is 2.12 bits per heavy atom. The number of ether oxygens (including phenoxy) is 1. The number of halogens is 1. The van der Waals surface area contributed by atoms with Gasteiger partial charge in [-0.25, -0.2) is 9.97 Å². The first kappa shape index (κ1) is 11.9. The van der Waals surface area contributed by atoms with E-state index in [-0.39, 0.29) is 0 Å². The monoisotopic (exact) mass is 293 g/mol. The van der Waals surface area contributed by atoms with Gasteiger partial charge >= 0.3 is 0 Å². The molecule has 1 N–H and O–H groups in total. The fourth-order valence-corrected chi connectivity index (χ4v) is 1.78. The lowest BCUT2D eigenvalue weighted by Gasteiger charge is -2.08. The number of nitrogens with one attached hydrogen (secondary N) is 1. The third-order valence-corrected chi connectivity index (χ3v) is 2.86. The zero-order chi connectivity index (χ0) is 12.3. The number of aryl methyl sites for hydroxylation is 1. The Morgan fingerprint density at radius 3 is 2.82 bits per heavy atom. The molecular formula is C12H12BrN3O. The average Bonchev–Trinajstić information content (AvgIpc) is 2.32.